The Hall–Kier alpha value is -0.730. The summed E-state index contributed by atoms with van der Waals surface area (Å²) in [5.41, 5.74) is 2.48. The fourth-order valence-corrected chi connectivity index (χ4v) is 2.74. The third-order valence-corrected chi connectivity index (χ3v) is 4.04. The Balaban J connectivity index is 2.00. The molecule has 1 aliphatic rings. The van der Waals surface area contributed by atoms with Crippen LogP contribution in [0.25, 0.3) is 0 Å². The predicted molar refractivity (Wildman–Crippen MR) is 88.7 cm³/mol. The highest BCUT2D eigenvalue weighted by atomic mass is 35.5. The van der Waals surface area contributed by atoms with Crippen LogP contribution in [-0.4, -0.2) is 19.1 Å². The summed E-state index contributed by atoms with van der Waals surface area (Å²) in [6.07, 6.45) is 3.84. The molecule has 0 saturated heterocycles. The van der Waals surface area contributed by atoms with Gasteiger partial charge in [0.25, 0.3) is 0 Å². The van der Waals surface area contributed by atoms with E-state index in [2.05, 4.69) is 49.2 Å². The summed E-state index contributed by atoms with van der Waals surface area (Å²) in [5.74, 6) is 0.669. The van der Waals surface area contributed by atoms with Crippen molar-refractivity contribution in [2.24, 2.45) is 5.92 Å². The number of benzene rings is 1. The molecule has 3 heteroatoms. The standard InChI is InChI=1S/C17H27ClN2/c1-4-9-20(15-7-8-15)16-6-5-14(17(18)10-16)12-19-11-13(2)3/h5-6,10,13,15,19H,4,7-9,11-12H2,1-3H3. The van der Waals surface area contributed by atoms with E-state index in [0.29, 0.717) is 5.92 Å². The van der Waals surface area contributed by atoms with Gasteiger partial charge in [-0.1, -0.05) is 38.4 Å². The summed E-state index contributed by atoms with van der Waals surface area (Å²) in [5, 5.41) is 4.34. The molecule has 0 unspecified atom stereocenters. The van der Waals surface area contributed by atoms with E-state index in [9.17, 15) is 0 Å². The Labute approximate surface area is 128 Å². The Kier molecular flexibility index (Phi) is 5.74. The van der Waals surface area contributed by atoms with Gasteiger partial charge in [0.2, 0.25) is 0 Å². The molecule has 1 N–H and O–H groups in total. The lowest BCUT2D eigenvalue weighted by Gasteiger charge is -2.25. The first-order valence-corrected chi connectivity index (χ1v) is 8.25. The second kappa shape index (κ2) is 7.33. The number of hydrogen-bond donors (Lipinski definition) is 1. The molecule has 2 rings (SSSR count). The lowest BCUT2D eigenvalue weighted by Crippen LogP contribution is -2.26. The third-order valence-electron chi connectivity index (χ3n) is 3.69. The zero-order valence-corrected chi connectivity index (χ0v) is 13.7. The van der Waals surface area contributed by atoms with Gasteiger partial charge in [0.05, 0.1) is 0 Å². The molecule has 0 bridgehead atoms. The SMILES string of the molecule is CCCN(c1ccc(CNCC(C)C)c(Cl)c1)C1CC1. The molecule has 0 amide bonds. The largest absolute Gasteiger partial charge is 0.369 e. The maximum atomic E-state index is 6.45. The highest BCUT2D eigenvalue weighted by Crippen LogP contribution is 2.33. The van der Waals surface area contributed by atoms with Crippen LogP contribution in [0.2, 0.25) is 5.02 Å². The zero-order chi connectivity index (χ0) is 14.5. The molecule has 0 spiro atoms. The molecule has 1 aromatic carbocycles. The summed E-state index contributed by atoms with van der Waals surface area (Å²) >= 11 is 6.45. The molecule has 0 heterocycles. The predicted octanol–water partition coefficient (Wildman–Crippen LogP) is 4.46. The summed E-state index contributed by atoms with van der Waals surface area (Å²) in [6.45, 7) is 9.69. The fourth-order valence-electron chi connectivity index (χ4n) is 2.50. The van der Waals surface area contributed by atoms with Crippen molar-refractivity contribution in [3.8, 4) is 0 Å². The van der Waals surface area contributed by atoms with Gasteiger partial charge < -0.3 is 10.2 Å². The molecule has 0 aromatic heterocycles. The number of anilines is 1. The van der Waals surface area contributed by atoms with Gasteiger partial charge in [-0.15, -0.1) is 0 Å². The van der Waals surface area contributed by atoms with E-state index in [-0.39, 0.29) is 0 Å². The van der Waals surface area contributed by atoms with Crippen LogP contribution in [0.3, 0.4) is 0 Å². The van der Waals surface area contributed by atoms with Crippen LogP contribution in [0, 0.1) is 5.92 Å². The van der Waals surface area contributed by atoms with Crippen LogP contribution in [0.15, 0.2) is 18.2 Å². The normalized spacial score (nSPS) is 14.8. The van der Waals surface area contributed by atoms with Crippen molar-refractivity contribution in [1.82, 2.24) is 5.32 Å². The first-order chi connectivity index (χ1) is 9.61. The fraction of sp³-hybridized carbons (Fsp3) is 0.647. The van der Waals surface area contributed by atoms with E-state index >= 15 is 0 Å². The van der Waals surface area contributed by atoms with Crippen molar-refractivity contribution in [3.63, 3.8) is 0 Å². The zero-order valence-electron chi connectivity index (χ0n) is 13.0. The van der Waals surface area contributed by atoms with E-state index in [1.54, 1.807) is 0 Å². The average Bonchev–Trinajstić information content (AvgIpc) is 3.22. The Bertz CT molecular complexity index is 427. The monoisotopic (exact) mass is 294 g/mol. The number of nitrogens with one attached hydrogen (secondary N) is 1. The molecule has 1 saturated carbocycles. The minimum absolute atomic E-state index is 0.669. The first kappa shape index (κ1) is 15.7. The van der Waals surface area contributed by atoms with E-state index in [0.717, 1.165) is 30.7 Å². The molecule has 112 valence electrons. The van der Waals surface area contributed by atoms with E-state index in [1.165, 1.54) is 30.5 Å². The Morgan fingerprint density at radius 3 is 2.65 bits per heavy atom. The van der Waals surface area contributed by atoms with Crippen molar-refractivity contribution in [2.75, 3.05) is 18.0 Å². The van der Waals surface area contributed by atoms with E-state index < -0.39 is 0 Å². The van der Waals surface area contributed by atoms with Crippen LogP contribution in [0.5, 0.6) is 0 Å². The summed E-state index contributed by atoms with van der Waals surface area (Å²) in [4.78, 5) is 2.51. The topological polar surface area (TPSA) is 15.3 Å². The van der Waals surface area contributed by atoms with Gasteiger partial charge in [0, 0.05) is 29.8 Å². The number of halogens is 1. The van der Waals surface area contributed by atoms with Gasteiger partial charge >= 0.3 is 0 Å². The third kappa shape index (κ3) is 4.39. The van der Waals surface area contributed by atoms with Crippen molar-refractivity contribution in [1.29, 1.82) is 0 Å². The molecule has 1 fully saturated rings. The average molecular weight is 295 g/mol. The van der Waals surface area contributed by atoms with Gasteiger partial charge in [-0.2, -0.15) is 0 Å². The maximum absolute atomic E-state index is 6.45. The molecule has 2 nitrogen and oxygen atoms in total. The van der Waals surface area contributed by atoms with Crippen LogP contribution in [0.4, 0.5) is 5.69 Å². The molecule has 20 heavy (non-hydrogen) atoms. The van der Waals surface area contributed by atoms with Crippen LogP contribution < -0.4 is 10.2 Å². The van der Waals surface area contributed by atoms with Crippen LogP contribution in [-0.2, 0) is 6.54 Å². The van der Waals surface area contributed by atoms with Gasteiger partial charge in [-0.05, 0) is 49.4 Å². The van der Waals surface area contributed by atoms with Gasteiger partial charge in [0.1, 0.15) is 0 Å². The molecular weight excluding hydrogens is 268 g/mol. The second-order valence-electron chi connectivity index (χ2n) is 6.23. The molecule has 1 aliphatic carbocycles. The van der Waals surface area contributed by atoms with Crippen molar-refractivity contribution in [2.45, 2.75) is 52.6 Å². The van der Waals surface area contributed by atoms with Gasteiger partial charge in [-0.25, -0.2) is 0 Å². The van der Waals surface area contributed by atoms with Gasteiger partial charge in [0.15, 0.2) is 0 Å². The molecule has 0 radical (unpaired) electrons. The molecule has 1 aromatic rings. The number of hydrogen-bond acceptors (Lipinski definition) is 2. The lowest BCUT2D eigenvalue weighted by atomic mass is 10.1. The Morgan fingerprint density at radius 2 is 2.10 bits per heavy atom. The van der Waals surface area contributed by atoms with Crippen molar-refractivity contribution in [3.05, 3.63) is 28.8 Å². The Morgan fingerprint density at radius 1 is 1.35 bits per heavy atom. The second-order valence-corrected chi connectivity index (χ2v) is 6.63. The van der Waals surface area contributed by atoms with Crippen LogP contribution in [0.1, 0.15) is 45.6 Å². The molecular formula is C17H27ClN2. The quantitative estimate of drug-likeness (QED) is 0.761. The first-order valence-electron chi connectivity index (χ1n) is 7.87. The minimum Gasteiger partial charge on any atom is -0.369 e. The number of rotatable bonds is 8. The minimum atomic E-state index is 0.669. The van der Waals surface area contributed by atoms with E-state index in [1.807, 2.05) is 0 Å². The molecule has 0 atom stereocenters. The highest BCUT2D eigenvalue weighted by molar-refractivity contribution is 6.31. The molecule has 0 aliphatic heterocycles. The maximum Gasteiger partial charge on any atom is 0.0471 e. The highest BCUT2D eigenvalue weighted by Gasteiger charge is 2.28. The lowest BCUT2D eigenvalue weighted by molar-refractivity contribution is 0.552. The summed E-state index contributed by atoms with van der Waals surface area (Å²) < 4.78 is 0. The van der Waals surface area contributed by atoms with E-state index in [4.69, 9.17) is 11.6 Å². The summed E-state index contributed by atoms with van der Waals surface area (Å²) in [6, 6.07) is 7.29. The summed E-state index contributed by atoms with van der Waals surface area (Å²) in [7, 11) is 0. The smallest absolute Gasteiger partial charge is 0.0471 e. The van der Waals surface area contributed by atoms with Crippen molar-refractivity contribution < 1.29 is 0 Å². The van der Waals surface area contributed by atoms with Gasteiger partial charge in [-0.3, -0.25) is 0 Å². The van der Waals surface area contributed by atoms with Crippen LogP contribution >= 0.6 is 11.6 Å². The number of nitrogens with zero attached hydrogens (tertiary/aromatic N) is 1. The van der Waals surface area contributed by atoms with Crippen molar-refractivity contribution >= 4 is 17.3 Å².